The Hall–Kier alpha value is -2.62. The zero-order valence-electron chi connectivity index (χ0n) is 12.2. The fourth-order valence-corrected chi connectivity index (χ4v) is 3.60. The third kappa shape index (κ3) is 2.72. The quantitative estimate of drug-likeness (QED) is 0.495. The molecule has 22 heavy (non-hydrogen) atoms. The molecule has 3 N–H and O–H groups in total. The maximum Gasteiger partial charge on any atom is 0.294 e. The highest BCUT2D eigenvalue weighted by Gasteiger charge is 2.24. The van der Waals surface area contributed by atoms with Gasteiger partial charge in [0.1, 0.15) is 10.6 Å². The number of nitrogen functional groups attached to an aromatic ring is 1. The van der Waals surface area contributed by atoms with Crippen LogP contribution in [-0.2, 0) is 17.1 Å². The normalized spacial score (nSPS) is 11.4. The van der Waals surface area contributed by atoms with Gasteiger partial charge in [-0.2, -0.15) is 5.10 Å². The number of benzene rings is 1. The van der Waals surface area contributed by atoms with Crippen LogP contribution in [0.3, 0.4) is 0 Å². The molecule has 0 aliphatic carbocycles. The summed E-state index contributed by atoms with van der Waals surface area (Å²) in [4.78, 5) is 10.2. The molecule has 0 aliphatic heterocycles. The minimum atomic E-state index is -3.91. The summed E-state index contributed by atoms with van der Waals surface area (Å²) in [6.07, 6.45) is 0. The van der Waals surface area contributed by atoms with E-state index in [2.05, 4.69) is 9.82 Å². The number of aromatic nitrogens is 2. The molecular weight excluding hydrogens is 310 g/mol. The maximum absolute atomic E-state index is 12.5. The first-order chi connectivity index (χ1) is 10.1. The second-order valence-corrected chi connectivity index (χ2v) is 6.38. The van der Waals surface area contributed by atoms with E-state index < -0.39 is 14.9 Å². The van der Waals surface area contributed by atoms with Crippen LogP contribution in [0.25, 0.3) is 0 Å². The van der Waals surface area contributed by atoms with Crippen molar-refractivity contribution in [2.75, 3.05) is 10.5 Å². The van der Waals surface area contributed by atoms with Gasteiger partial charge in [0.05, 0.1) is 22.0 Å². The molecule has 1 aromatic carbocycles. The Labute approximate surface area is 126 Å². The first-order valence-corrected chi connectivity index (χ1v) is 7.68. The molecule has 0 spiro atoms. The van der Waals surface area contributed by atoms with E-state index in [4.69, 9.17) is 5.73 Å². The number of aryl methyl sites for hydroxylation is 2. The predicted octanol–water partition coefficient (Wildman–Crippen LogP) is 1.33. The summed E-state index contributed by atoms with van der Waals surface area (Å²) in [6, 6.07) is 3.72. The van der Waals surface area contributed by atoms with Crippen LogP contribution in [0, 0.1) is 24.0 Å². The van der Waals surface area contributed by atoms with Gasteiger partial charge in [-0.25, -0.2) is 8.42 Å². The van der Waals surface area contributed by atoms with Crippen LogP contribution >= 0.6 is 0 Å². The second kappa shape index (κ2) is 5.30. The van der Waals surface area contributed by atoms with E-state index in [1.54, 1.807) is 20.9 Å². The number of hydrogen-bond acceptors (Lipinski definition) is 6. The third-order valence-electron chi connectivity index (χ3n) is 3.19. The molecule has 1 heterocycles. The van der Waals surface area contributed by atoms with E-state index in [1.165, 1.54) is 16.8 Å². The number of anilines is 2. The van der Waals surface area contributed by atoms with Crippen LogP contribution < -0.4 is 10.5 Å². The van der Waals surface area contributed by atoms with Gasteiger partial charge in [-0.3, -0.25) is 19.5 Å². The molecule has 2 aromatic rings. The van der Waals surface area contributed by atoms with Crippen LogP contribution in [0.5, 0.6) is 0 Å². The predicted molar refractivity (Wildman–Crippen MR) is 81.0 cm³/mol. The molecular formula is C12H15N5O4S. The lowest BCUT2D eigenvalue weighted by atomic mass is 10.2. The van der Waals surface area contributed by atoms with Crippen molar-refractivity contribution < 1.29 is 13.3 Å². The van der Waals surface area contributed by atoms with Gasteiger partial charge in [0.2, 0.25) is 0 Å². The smallest absolute Gasteiger partial charge is 0.294 e. The minimum Gasteiger partial charge on any atom is -0.393 e. The van der Waals surface area contributed by atoms with Gasteiger partial charge in [-0.15, -0.1) is 0 Å². The lowest BCUT2D eigenvalue weighted by Gasteiger charge is -2.09. The van der Waals surface area contributed by atoms with Crippen molar-refractivity contribution >= 4 is 27.1 Å². The molecule has 0 fully saturated rings. The third-order valence-corrected chi connectivity index (χ3v) is 4.82. The molecule has 0 unspecified atom stereocenters. The molecule has 0 amide bonds. The number of hydrogen-bond donors (Lipinski definition) is 2. The van der Waals surface area contributed by atoms with Gasteiger partial charge in [0.15, 0.2) is 0 Å². The van der Waals surface area contributed by atoms with Gasteiger partial charge in [-0.1, -0.05) is 0 Å². The Balaban J connectivity index is 2.46. The summed E-state index contributed by atoms with van der Waals surface area (Å²) in [5.41, 5.74) is 5.95. The summed E-state index contributed by atoms with van der Waals surface area (Å²) < 4.78 is 28.7. The fraction of sp³-hybridized carbons (Fsp3) is 0.250. The Morgan fingerprint density at radius 1 is 1.36 bits per heavy atom. The molecule has 2 rings (SSSR count). The summed E-state index contributed by atoms with van der Waals surface area (Å²) >= 11 is 0. The number of nitro groups is 1. The second-order valence-electron chi connectivity index (χ2n) is 4.76. The summed E-state index contributed by atoms with van der Waals surface area (Å²) in [6.45, 7) is 3.20. The molecule has 0 atom stereocenters. The Morgan fingerprint density at radius 3 is 2.50 bits per heavy atom. The van der Waals surface area contributed by atoms with Crippen LogP contribution in [0.15, 0.2) is 23.1 Å². The standard InChI is InChI=1S/C12H15N5O4S/c1-7-12(8(2)16(3)14-7)22(20,21)15-9-4-5-10(13)11(6-9)17(18)19/h4-6,15H,13H2,1-3H3. The summed E-state index contributed by atoms with van der Waals surface area (Å²) in [5.74, 6) is 0. The van der Waals surface area contributed by atoms with Crippen molar-refractivity contribution in [2.45, 2.75) is 18.7 Å². The van der Waals surface area contributed by atoms with Crippen molar-refractivity contribution in [3.63, 3.8) is 0 Å². The molecule has 0 radical (unpaired) electrons. The van der Waals surface area contributed by atoms with Gasteiger partial charge in [0, 0.05) is 13.1 Å². The molecule has 0 saturated carbocycles. The van der Waals surface area contributed by atoms with Crippen LogP contribution in [0.4, 0.5) is 17.1 Å². The average Bonchev–Trinajstić information content (AvgIpc) is 2.65. The largest absolute Gasteiger partial charge is 0.393 e. The number of rotatable bonds is 4. The molecule has 9 nitrogen and oxygen atoms in total. The average molecular weight is 325 g/mol. The molecule has 10 heteroatoms. The molecule has 1 aromatic heterocycles. The zero-order valence-corrected chi connectivity index (χ0v) is 13.0. The van der Waals surface area contributed by atoms with E-state index in [0.29, 0.717) is 11.4 Å². The number of nitrogens with zero attached hydrogens (tertiary/aromatic N) is 3. The van der Waals surface area contributed by atoms with Crippen molar-refractivity contribution in [2.24, 2.45) is 7.05 Å². The van der Waals surface area contributed by atoms with E-state index in [-0.39, 0.29) is 22.0 Å². The molecule has 0 aliphatic rings. The Kier molecular flexibility index (Phi) is 3.79. The van der Waals surface area contributed by atoms with E-state index in [0.717, 1.165) is 6.07 Å². The number of nitro benzene ring substituents is 1. The highest BCUT2D eigenvalue weighted by molar-refractivity contribution is 7.92. The lowest BCUT2D eigenvalue weighted by Crippen LogP contribution is -2.15. The topological polar surface area (TPSA) is 133 Å². The van der Waals surface area contributed by atoms with Crippen LogP contribution in [-0.4, -0.2) is 23.1 Å². The SMILES string of the molecule is Cc1nn(C)c(C)c1S(=O)(=O)Nc1ccc(N)c([N+](=O)[O-])c1. The number of nitrogens with two attached hydrogens (primary N) is 1. The van der Waals surface area contributed by atoms with Crippen LogP contribution in [0.1, 0.15) is 11.4 Å². The van der Waals surface area contributed by atoms with E-state index >= 15 is 0 Å². The van der Waals surface area contributed by atoms with Crippen molar-refractivity contribution in [1.82, 2.24) is 9.78 Å². The maximum atomic E-state index is 12.5. The monoisotopic (exact) mass is 325 g/mol. The van der Waals surface area contributed by atoms with Crippen LogP contribution in [0.2, 0.25) is 0 Å². The van der Waals surface area contributed by atoms with E-state index in [1.807, 2.05) is 0 Å². The Bertz CT molecular complexity index is 857. The number of nitrogens with one attached hydrogen (secondary N) is 1. The van der Waals surface area contributed by atoms with Crippen molar-refractivity contribution in [3.05, 3.63) is 39.7 Å². The fourth-order valence-electron chi connectivity index (χ4n) is 2.11. The molecule has 0 saturated heterocycles. The van der Waals surface area contributed by atoms with E-state index in [9.17, 15) is 18.5 Å². The van der Waals surface area contributed by atoms with Crippen molar-refractivity contribution in [3.8, 4) is 0 Å². The van der Waals surface area contributed by atoms with Gasteiger partial charge >= 0.3 is 0 Å². The highest BCUT2D eigenvalue weighted by atomic mass is 32.2. The van der Waals surface area contributed by atoms with Gasteiger partial charge < -0.3 is 5.73 Å². The summed E-state index contributed by atoms with van der Waals surface area (Å²) in [5, 5.41) is 14.9. The van der Waals surface area contributed by atoms with Gasteiger partial charge in [0.25, 0.3) is 15.7 Å². The number of sulfonamides is 1. The summed E-state index contributed by atoms with van der Waals surface area (Å²) in [7, 11) is -2.27. The Morgan fingerprint density at radius 2 is 2.00 bits per heavy atom. The first kappa shape index (κ1) is 15.8. The first-order valence-electron chi connectivity index (χ1n) is 6.20. The lowest BCUT2D eigenvalue weighted by molar-refractivity contribution is -0.383. The van der Waals surface area contributed by atoms with Crippen molar-refractivity contribution in [1.29, 1.82) is 0 Å². The highest BCUT2D eigenvalue weighted by Crippen LogP contribution is 2.28. The minimum absolute atomic E-state index is 0.0401. The zero-order chi connectivity index (χ0) is 16.7. The van der Waals surface area contributed by atoms with Gasteiger partial charge in [-0.05, 0) is 26.0 Å². The molecule has 0 bridgehead atoms. The molecule has 118 valence electrons.